The van der Waals surface area contributed by atoms with E-state index in [0.717, 1.165) is 0 Å². The van der Waals surface area contributed by atoms with Gasteiger partial charge in [-0.05, 0) is 27.7 Å². The molecule has 0 aliphatic rings. The minimum atomic E-state index is 0. The van der Waals surface area contributed by atoms with Gasteiger partial charge >= 0.3 is 0 Å². The maximum absolute atomic E-state index is 2.27. The number of rotatable bonds is 4. The molecule has 3 heteroatoms. The van der Waals surface area contributed by atoms with Crippen LogP contribution in [0.4, 0.5) is 0 Å². The van der Waals surface area contributed by atoms with E-state index in [-0.39, 0.29) is 31.9 Å². The minimum Gasteiger partial charge on any atom is -1.00 e. The average Bonchev–Trinajstić information content (AvgIpc) is 1.95. The van der Waals surface area contributed by atoms with E-state index in [1.807, 2.05) is 0 Å². The van der Waals surface area contributed by atoms with Crippen molar-refractivity contribution in [1.29, 1.82) is 0 Å². The van der Waals surface area contributed by atoms with Gasteiger partial charge in [-0.15, -0.1) is 0 Å². The molecule has 1 nitrogen and oxygen atoms in total. The van der Waals surface area contributed by atoms with Gasteiger partial charge in [-0.1, -0.05) is 0 Å². The molecule has 0 aliphatic carbocycles. The minimum absolute atomic E-state index is 0. The molecule has 0 bridgehead atoms. The van der Waals surface area contributed by atoms with Gasteiger partial charge < -0.3 is 16.9 Å². The van der Waals surface area contributed by atoms with Crippen molar-refractivity contribution < 1.29 is 36.4 Å². The molecular weight excluding hydrogens is 211 g/mol. The number of halogens is 1. The Hall–Kier alpha value is 0.873. The Labute approximate surface area is 90.3 Å². The Morgan fingerprint density at radius 3 is 0.909 bits per heavy atom. The van der Waals surface area contributed by atoms with Crippen LogP contribution in [0.1, 0.15) is 27.7 Å². The molecule has 0 aromatic carbocycles. The van der Waals surface area contributed by atoms with Crippen LogP contribution in [0.3, 0.4) is 0 Å². The zero-order chi connectivity index (χ0) is 7.33. The second kappa shape index (κ2) is 8.97. The van der Waals surface area contributed by atoms with Crippen LogP contribution >= 0.6 is 0 Å². The topological polar surface area (TPSA) is 0 Å². The first kappa shape index (κ1) is 17.8. The molecule has 0 fully saturated rings. The van der Waals surface area contributed by atoms with Crippen molar-refractivity contribution in [2.45, 2.75) is 27.7 Å². The van der Waals surface area contributed by atoms with Gasteiger partial charge in [0.2, 0.25) is 0 Å². The SMILES string of the molecule is CC[N+](CC)(CC)CC.[Cl-].[Zn]. The van der Waals surface area contributed by atoms with Crippen molar-refractivity contribution in [2.75, 3.05) is 26.2 Å². The molecule has 0 spiro atoms. The molecule has 11 heavy (non-hydrogen) atoms. The van der Waals surface area contributed by atoms with Crippen molar-refractivity contribution in [1.82, 2.24) is 0 Å². The maximum Gasteiger partial charge on any atom is 0.0757 e. The van der Waals surface area contributed by atoms with Crippen molar-refractivity contribution in [2.24, 2.45) is 0 Å². The van der Waals surface area contributed by atoms with Crippen LogP contribution in [-0.2, 0) is 19.5 Å². The van der Waals surface area contributed by atoms with E-state index in [1.54, 1.807) is 0 Å². The standard InChI is InChI=1S/C8H20N.ClH.Zn/c1-5-9(6-2,7-3)8-4;;/h5-8H2,1-4H3;1H;/q+1;;/p-1. The Kier molecular flexibility index (Phi) is 14.5. The first-order valence-electron chi connectivity index (χ1n) is 4.09. The van der Waals surface area contributed by atoms with E-state index >= 15 is 0 Å². The maximum atomic E-state index is 2.27. The summed E-state index contributed by atoms with van der Waals surface area (Å²) in [5, 5.41) is 0. The van der Waals surface area contributed by atoms with Crippen molar-refractivity contribution in [3.8, 4) is 0 Å². The van der Waals surface area contributed by atoms with E-state index in [2.05, 4.69) is 27.7 Å². The molecule has 0 rings (SSSR count). The molecule has 0 saturated heterocycles. The van der Waals surface area contributed by atoms with Gasteiger partial charge in [0, 0.05) is 19.5 Å². The van der Waals surface area contributed by atoms with E-state index in [4.69, 9.17) is 0 Å². The number of nitrogens with zero attached hydrogens (tertiary/aromatic N) is 1. The molecule has 0 heterocycles. The Morgan fingerprint density at radius 1 is 0.727 bits per heavy atom. The fourth-order valence-electron chi connectivity index (χ4n) is 1.34. The molecule has 0 aromatic rings. The summed E-state index contributed by atoms with van der Waals surface area (Å²) in [6.45, 7) is 14.2. The van der Waals surface area contributed by atoms with Gasteiger partial charge in [0.05, 0.1) is 26.2 Å². The second-order valence-electron chi connectivity index (χ2n) is 2.61. The van der Waals surface area contributed by atoms with Crippen LogP contribution < -0.4 is 12.4 Å². The summed E-state index contributed by atoms with van der Waals surface area (Å²) in [5.74, 6) is 0. The molecule has 66 valence electrons. The Balaban J connectivity index is -0.000000320. The van der Waals surface area contributed by atoms with Gasteiger partial charge in [-0.2, -0.15) is 0 Å². The first-order chi connectivity index (χ1) is 4.24. The summed E-state index contributed by atoms with van der Waals surface area (Å²) in [6.07, 6.45) is 0. The van der Waals surface area contributed by atoms with Crippen LogP contribution in [-0.4, -0.2) is 30.7 Å². The zero-order valence-electron chi connectivity index (χ0n) is 8.36. The third-order valence-electron chi connectivity index (χ3n) is 2.68. The number of hydrogen-bond donors (Lipinski definition) is 0. The Morgan fingerprint density at radius 2 is 0.909 bits per heavy atom. The molecule has 0 radical (unpaired) electrons. The fourth-order valence-corrected chi connectivity index (χ4v) is 1.34. The molecule has 0 unspecified atom stereocenters. The van der Waals surface area contributed by atoms with Crippen molar-refractivity contribution in [3.63, 3.8) is 0 Å². The van der Waals surface area contributed by atoms with Crippen LogP contribution in [0.25, 0.3) is 0 Å². The van der Waals surface area contributed by atoms with Crippen LogP contribution in [0, 0.1) is 0 Å². The predicted octanol–water partition coefficient (Wildman–Crippen LogP) is -1.12. The predicted molar refractivity (Wildman–Crippen MR) is 42.4 cm³/mol. The largest absolute Gasteiger partial charge is 1.00 e. The van der Waals surface area contributed by atoms with Crippen LogP contribution in [0.15, 0.2) is 0 Å². The van der Waals surface area contributed by atoms with Crippen LogP contribution in [0.5, 0.6) is 0 Å². The molecule has 0 amide bonds. The normalized spacial score (nSPS) is 9.82. The van der Waals surface area contributed by atoms with E-state index < -0.39 is 0 Å². The smallest absolute Gasteiger partial charge is 0.0757 e. The van der Waals surface area contributed by atoms with Gasteiger partial charge in [-0.25, -0.2) is 0 Å². The quantitative estimate of drug-likeness (QED) is 0.425. The molecule has 0 atom stereocenters. The summed E-state index contributed by atoms with van der Waals surface area (Å²) in [6, 6.07) is 0. The molecule has 0 N–H and O–H groups in total. The molecule has 0 aliphatic heterocycles. The van der Waals surface area contributed by atoms with Crippen molar-refractivity contribution in [3.05, 3.63) is 0 Å². The molecule has 0 aromatic heterocycles. The number of quaternary nitrogens is 1. The average molecular weight is 231 g/mol. The van der Waals surface area contributed by atoms with Crippen molar-refractivity contribution >= 4 is 0 Å². The van der Waals surface area contributed by atoms with Crippen LogP contribution in [0.2, 0.25) is 0 Å². The van der Waals surface area contributed by atoms with Gasteiger partial charge in [0.25, 0.3) is 0 Å². The summed E-state index contributed by atoms with van der Waals surface area (Å²) in [7, 11) is 0. The summed E-state index contributed by atoms with van der Waals surface area (Å²) in [4.78, 5) is 0. The Bertz CT molecular complexity index is 57.0. The van der Waals surface area contributed by atoms with Gasteiger partial charge in [-0.3, -0.25) is 0 Å². The van der Waals surface area contributed by atoms with E-state index in [9.17, 15) is 0 Å². The van der Waals surface area contributed by atoms with E-state index in [1.165, 1.54) is 30.7 Å². The number of hydrogen-bond acceptors (Lipinski definition) is 0. The van der Waals surface area contributed by atoms with Gasteiger partial charge in [0.15, 0.2) is 0 Å². The van der Waals surface area contributed by atoms with E-state index in [0.29, 0.717) is 0 Å². The molecule has 0 saturated carbocycles. The third-order valence-corrected chi connectivity index (χ3v) is 2.68. The summed E-state index contributed by atoms with van der Waals surface area (Å²) in [5.41, 5.74) is 0. The summed E-state index contributed by atoms with van der Waals surface area (Å²) < 4.78 is 1.28. The summed E-state index contributed by atoms with van der Waals surface area (Å²) >= 11 is 0. The first-order valence-corrected chi connectivity index (χ1v) is 4.09. The van der Waals surface area contributed by atoms with Gasteiger partial charge in [0.1, 0.15) is 0 Å². The fraction of sp³-hybridized carbons (Fsp3) is 1.00. The third kappa shape index (κ3) is 5.17. The zero-order valence-corrected chi connectivity index (χ0v) is 12.1. The second-order valence-corrected chi connectivity index (χ2v) is 2.61. The monoisotopic (exact) mass is 229 g/mol. The molecular formula is C8H20ClNZn.